The van der Waals surface area contributed by atoms with Crippen LogP contribution in [0.4, 0.5) is 0 Å². The largest absolute Gasteiger partial charge is 0.228 e. The lowest BCUT2D eigenvalue weighted by Crippen LogP contribution is -2.33. The minimum Gasteiger partial charge on any atom is -0.228 e. The standard InChI is InChI=1S/C8H17NO2S/c1-4-6-7(3)8(5-2)12(9,10)11/h4,7-8H,1,5-6H2,2-3H3,(H2,9,10,11)/t7-,8-/m0/s1. The second-order valence-electron chi connectivity index (χ2n) is 3.04. The van der Waals surface area contributed by atoms with Crippen LogP contribution in [-0.4, -0.2) is 13.7 Å². The number of primary sulfonamides is 1. The van der Waals surface area contributed by atoms with E-state index in [1.165, 1.54) is 0 Å². The third-order valence-corrected chi connectivity index (χ3v) is 3.64. The minimum atomic E-state index is -3.38. The van der Waals surface area contributed by atoms with Crippen LogP contribution in [-0.2, 0) is 10.0 Å². The maximum absolute atomic E-state index is 11.0. The summed E-state index contributed by atoms with van der Waals surface area (Å²) in [6, 6.07) is 0. The summed E-state index contributed by atoms with van der Waals surface area (Å²) in [5, 5.41) is 4.62. The van der Waals surface area contributed by atoms with Crippen LogP contribution in [0.2, 0.25) is 0 Å². The monoisotopic (exact) mass is 191 g/mol. The lowest BCUT2D eigenvalue weighted by atomic mass is 10.0. The smallest absolute Gasteiger partial charge is 0.212 e. The van der Waals surface area contributed by atoms with Gasteiger partial charge in [-0.05, 0) is 18.8 Å². The van der Waals surface area contributed by atoms with Crippen LogP contribution in [0.15, 0.2) is 12.7 Å². The van der Waals surface area contributed by atoms with Gasteiger partial charge in [-0.1, -0.05) is 19.9 Å². The van der Waals surface area contributed by atoms with Crippen LogP contribution < -0.4 is 5.14 Å². The fourth-order valence-corrected chi connectivity index (χ4v) is 2.60. The Labute approximate surface area is 74.7 Å². The first-order valence-corrected chi connectivity index (χ1v) is 5.66. The summed E-state index contributed by atoms with van der Waals surface area (Å²) in [6.07, 6.45) is 2.97. The topological polar surface area (TPSA) is 60.2 Å². The Morgan fingerprint density at radius 2 is 2.08 bits per heavy atom. The van der Waals surface area contributed by atoms with Gasteiger partial charge in [-0.2, -0.15) is 0 Å². The molecular weight excluding hydrogens is 174 g/mol. The van der Waals surface area contributed by atoms with Crippen molar-refractivity contribution in [2.75, 3.05) is 0 Å². The normalized spacial score (nSPS) is 16.9. The van der Waals surface area contributed by atoms with Crippen molar-refractivity contribution in [2.24, 2.45) is 11.1 Å². The number of hydrogen-bond donors (Lipinski definition) is 1. The average Bonchev–Trinajstić information content (AvgIpc) is 1.85. The van der Waals surface area contributed by atoms with Crippen molar-refractivity contribution in [1.82, 2.24) is 0 Å². The minimum absolute atomic E-state index is 0.0579. The molecular formula is C8H17NO2S. The van der Waals surface area contributed by atoms with E-state index in [4.69, 9.17) is 5.14 Å². The number of nitrogens with two attached hydrogens (primary N) is 1. The highest BCUT2D eigenvalue weighted by molar-refractivity contribution is 7.89. The van der Waals surface area contributed by atoms with E-state index < -0.39 is 15.3 Å². The average molecular weight is 191 g/mol. The van der Waals surface area contributed by atoms with E-state index in [1.807, 2.05) is 13.8 Å². The predicted molar refractivity (Wildman–Crippen MR) is 51.2 cm³/mol. The van der Waals surface area contributed by atoms with Gasteiger partial charge < -0.3 is 0 Å². The lowest BCUT2D eigenvalue weighted by Gasteiger charge is -2.18. The van der Waals surface area contributed by atoms with E-state index in [-0.39, 0.29) is 5.92 Å². The molecule has 0 aliphatic rings. The van der Waals surface area contributed by atoms with Crippen LogP contribution in [0.1, 0.15) is 26.7 Å². The highest BCUT2D eigenvalue weighted by atomic mass is 32.2. The molecule has 2 atom stereocenters. The van der Waals surface area contributed by atoms with Crippen molar-refractivity contribution in [3.8, 4) is 0 Å². The first kappa shape index (κ1) is 11.6. The predicted octanol–water partition coefficient (Wildman–Crippen LogP) is 1.27. The molecule has 0 saturated heterocycles. The molecule has 0 unspecified atom stereocenters. The van der Waals surface area contributed by atoms with Gasteiger partial charge in [0.15, 0.2) is 0 Å². The molecule has 0 aliphatic carbocycles. The first-order valence-electron chi connectivity index (χ1n) is 4.06. The van der Waals surface area contributed by atoms with Gasteiger partial charge in [-0.25, -0.2) is 13.6 Å². The van der Waals surface area contributed by atoms with Gasteiger partial charge in [0.2, 0.25) is 10.0 Å². The van der Waals surface area contributed by atoms with Gasteiger partial charge in [-0.15, -0.1) is 6.58 Å². The third-order valence-electron chi connectivity index (χ3n) is 2.00. The summed E-state index contributed by atoms with van der Waals surface area (Å²) in [5.74, 6) is 0.0579. The molecule has 0 radical (unpaired) electrons. The SMILES string of the molecule is C=CC[C@H](C)[C@H](CC)S(N)(=O)=O. The van der Waals surface area contributed by atoms with Crippen molar-refractivity contribution in [1.29, 1.82) is 0 Å². The zero-order valence-electron chi connectivity index (χ0n) is 7.66. The first-order chi connectivity index (χ1) is 5.43. The van der Waals surface area contributed by atoms with Crippen molar-refractivity contribution >= 4 is 10.0 Å². The van der Waals surface area contributed by atoms with Crippen LogP contribution >= 0.6 is 0 Å². The Balaban J connectivity index is 4.45. The fraction of sp³-hybridized carbons (Fsp3) is 0.750. The molecule has 72 valence electrons. The zero-order chi connectivity index (χ0) is 9.78. The number of allylic oxidation sites excluding steroid dienone is 1. The second kappa shape index (κ2) is 4.62. The zero-order valence-corrected chi connectivity index (χ0v) is 8.47. The molecule has 0 fully saturated rings. The van der Waals surface area contributed by atoms with E-state index in [0.29, 0.717) is 12.8 Å². The maximum Gasteiger partial charge on any atom is 0.212 e. The summed E-state index contributed by atoms with van der Waals surface area (Å²) in [4.78, 5) is 0. The summed E-state index contributed by atoms with van der Waals surface area (Å²) in [5.41, 5.74) is 0. The van der Waals surface area contributed by atoms with E-state index in [9.17, 15) is 8.42 Å². The van der Waals surface area contributed by atoms with Gasteiger partial charge in [0.25, 0.3) is 0 Å². The van der Waals surface area contributed by atoms with Crippen LogP contribution in [0.3, 0.4) is 0 Å². The Morgan fingerprint density at radius 1 is 1.58 bits per heavy atom. The fourth-order valence-electron chi connectivity index (χ4n) is 1.37. The second-order valence-corrected chi connectivity index (χ2v) is 4.82. The highest BCUT2D eigenvalue weighted by Crippen LogP contribution is 2.17. The number of sulfonamides is 1. The Morgan fingerprint density at radius 3 is 2.33 bits per heavy atom. The molecule has 0 saturated carbocycles. The Hall–Kier alpha value is -0.350. The van der Waals surface area contributed by atoms with Gasteiger partial charge in [-0.3, -0.25) is 0 Å². The van der Waals surface area contributed by atoms with Crippen LogP contribution in [0.5, 0.6) is 0 Å². The van der Waals surface area contributed by atoms with Gasteiger partial charge in [0, 0.05) is 0 Å². The van der Waals surface area contributed by atoms with E-state index in [2.05, 4.69) is 6.58 Å². The summed E-state index contributed by atoms with van der Waals surface area (Å²) in [7, 11) is -3.38. The van der Waals surface area contributed by atoms with Crippen molar-refractivity contribution in [3.63, 3.8) is 0 Å². The molecule has 0 aromatic carbocycles. The van der Waals surface area contributed by atoms with Crippen molar-refractivity contribution < 1.29 is 8.42 Å². The highest BCUT2D eigenvalue weighted by Gasteiger charge is 2.24. The third kappa shape index (κ3) is 3.36. The summed E-state index contributed by atoms with van der Waals surface area (Å²) in [6.45, 7) is 7.27. The van der Waals surface area contributed by atoms with Gasteiger partial charge in [0.1, 0.15) is 0 Å². The van der Waals surface area contributed by atoms with Crippen molar-refractivity contribution in [3.05, 3.63) is 12.7 Å². The maximum atomic E-state index is 11.0. The Bertz CT molecular complexity index is 233. The summed E-state index contributed by atoms with van der Waals surface area (Å²) >= 11 is 0. The van der Waals surface area contributed by atoms with E-state index in [0.717, 1.165) is 0 Å². The molecule has 0 spiro atoms. The lowest BCUT2D eigenvalue weighted by molar-refractivity contribution is 0.499. The molecule has 0 bridgehead atoms. The molecule has 0 rings (SSSR count). The Kier molecular flexibility index (Phi) is 4.49. The molecule has 0 aromatic rings. The molecule has 0 aliphatic heterocycles. The molecule has 0 amide bonds. The molecule has 0 heterocycles. The van der Waals surface area contributed by atoms with Crippen molar-refractivity contribution in [2.45, 2.75) is 31.9 Å². The molecule has 12 heavy (non-hydrogen) atoms. The molecule has 4 heteroatoms. The molecule has 3 nitrogen and oxygen atoms in total. The van der Waals surface area contributed by atoms with E-state index in [1.54, 1.807) is 6.08 Å². The summed E-state index contributed by atoms with van der Waals surface area (Å²) < 4.78 is 22.0. The van der Waals surface area contributed by atoms with Crippen LogP contribution in [0, 0.1) is 5.92 Å². The van der Waals surface area contributed by atoms with Gasteiger partial charge in [0.05, 0.1) is 5.25 Å². The molecule has 2 N–H and O–H groups in total. The number of hydrogen-bond acceptors (Lipinski definition) is 2. The van der Waals surface area contributed by atoms with Gasteiger partial charge >= 0.3 is 0 Å². The number of rotatable bonds is 5. The molecule has 0 aromatic heterocycles. The van der Waals surface area contributed by atoms with Crippen LogP contribution in [0.25, 0.3) is 0 Å². The van der Waals surface area contributed by atoms with E-state index >= 15 is 0 Å². The quantitative estimate of drug-likeness (QED) is 0.665.